The number of imidazole rings is 1. The van der Waals surface area contributed by atoms with Crippen LogP contribution in [0.25, 0.3) is 22.6 Å². The Hall–Kier alpha value is -2.71. The summed E-state index contributed by atoms with van der Waals surface area (Å²) in [6.07, 6.45) is 4.80. The molecule has 34 heavy (non-hydrogen) atoms. The zero-order valence-corrected chi connectivity index (χ0v) is 20.9. The Kier molecular flexibility index (Phi) is 6.20. The predicted molar refractivity (Wildman–Crippen MR) is 134 cm³/mol. The number of carbonyl (C=O) groups is 1. The lowest BCUT2D eigenvalue weighted by atomic mass is 9.85. The Bertz CT molecular complexity index is 1190. The Balaban J connectivity index is 1.39. The Morgan fingerprint density at radius 2 is 2.03 bits per heavy atom. The molecular formula is C26H36N6O2. The molecule has 0 radical (unpaired) electrons. The number of likely N-dealkylation sites (N-methyl/N-ethyl adjacent to an activating group) is 1. The SMILES string of the molecule is CC[C@@H]1CCc2[nH]nc(-c3nc4cc(N(C)C(=O)CN5C[C@@H](C)O[C@H](C)C5)c(C)cc4[nH]3)c2C1. The number of aromatic nitrogens is 4. The van der Waals surface area contributed by atoms with Gasteiger partial charge in [-0.2, -0.15) is 5.10 Å². The van der Waals surface area contributed by atoms with Gasteiger partial charge in [0, 0.05) is 37.1 Å². The molecule has 1 aliphatic heterocycles. The fourth-order valence-electron chi connectivity index (χ4n) is 5.58. The maximum Gasteiger partial charge on any atom is 0.240 e. The average molecular weight is 465 g/mol. The van der Waals surface area contributed by atoms with Crippen LogP contribution in [0.1, 0.15) is 50.4 Å². The highest BCUT2D eigenvalue weighted by atomic mass is 16.5. The molecule has 0 saturated carbocycles. The molecule has 1 saturated heterocycles. The van der Waals surface area contributed by atoms with Crippen LogP contribution in [0.3, 0.4) is 0 Å². The number of rotatable bonds is 5. The molecule has 3 aromatic rings. The first-order valence-electron chi connectivity index (χ1n) is 12.5. The molecule has 1 fully saturated rings. The Morgan fingerprint density at radius 3 is 2.76 bits per heavy atom. The van der Waals surface area contributed by atoms with E-state index < -0.39 is 0 Å². The topological polar surface area (TPSA) is 90.1 Å². The highest BCUT2D eigenvalue weighted by molar-refractivity contribution is 5.97. The first-order chi connectivity index (χ1) is 16.3. The van der Waals surface area contributed by atoms with Crippen LogP contribution >= 0.6 is 0 Å². The molecule has 2 N–H and O–H groups in total. The molecule has 5 rings (SSSR count). The van der Waals surface area contributed by atoms with Crippen molar-refractivity contribution in [2.75, 3.05) is 31.6 Å². The summed E-state index contributed by atoms with van der Waals surface area (Å²) in [6.45, 7) is 10.4. The molecule has 0 bridgehead atoms. The van der Waals surface area contributed by atoms with Crippen molar-refractivity contribution >= 4 is 22.6 Å². The van der Waals surface area contributed by atoms with Gasteiger partial charge >= 0.3 is 0 Å². The molecule has 8 nitrogen and oxygen atoms in total. The summed E-state index contributed by atoms with van der Waals surface area (Å²) < 4.78 is 5.80. The van der Waals surface area contributed by atoms with Crippen molar-refractivity contribution in [3.8, 4) is 11.5 Å². The van der Waals surface area contributed by atoms with Gasteiger partial charge in [0.15, 0.2) is 5.82 Å². The molecule has 1 amide bonds. The van der Waals surface area contributed by atoms with Crippen molar-refractivity contribution in [1.82, 2.24) is 25.1 Å². The van der Waals surface area contributed by atoms with Crippen LogP contribution in [-0.2, 0) is 22.4 Å². The number of nitrogens with one attached hydrogen (secondary N) is 2. The summed E-state index contributed by atoms with van der Waals surface area (Å²) in [5, 5.41) is 7.86. The van der Waals surface area contributed by atoms with Crippen molar-refractivity contribution < 1.29 is 9.53 Å². The third-order valence-corrected chi connectivity index (χ3v) is 7.44. The van der Waals surface area contributed by atoms with E-state index in [1.807, 2.05) is 20.0 Å². The van der Waals surface area contributed by atoms with Gasteiger partial charge < -0.3 is 14.6 Å². The lowest BCUT2D eigenvalue weighted by Crippen LogP contribution is -2.49. The number of H-pyrrole nitrogens is 2. The van der Waals surface area contributed by atoms with Crippen molar-refractivity contribution in [1.29, 1.82) is 0 Å². The number of hydrogen-bond donors (Lipinski definition) is 2. The number of aryl methyl sites for hydroxylation is 2. The minimum absolute atomic E-state index is 0.0755. The van der Waals surface area contributed by atoms with E-state index in [1.165, 1.54) is 24.1 Å². The van der Waals surface area contributed by atoms with Crippen LogP contribution in [-0.4, -0.2) is 69.9 Å². The van der Waals surface area contributed by atoms with Gasteiger partial charge in [0.05, 0.1) is 29.8 Å². The van der Waals surface area contributed by atoms with Gasteiger partial charge in [0.1, 0.15) is 5.69 Å². The molecule has 8 heteroatoms. The van der Waals surface area contributed by atoms with E-state index in [0.29, 0.717) is 12.5 Å². The van der Waals surface area contributed by atoms with Gasteiger partial charge in [-0.15, -0.1) is 0 Å². The second kappa shape index (κ2) is 9.15. The normalized spacial score (nSPS) is 23.3. The number of amides is 1. The molecule has 182 valence electrons. The first kappa shape index (κ1) is 23.1. The van der Waals surface area contributed by atoms with Crippen LogP contribution in [0, 0.1) is 12.8 Å². The van der Waals surface area contributed by atoms with Crippen molar-refractivity contribution in [2.45, 2.75) is 65.6 Å². The lowest BCUT2D eigenvalue weighted by Gasteiger charge is -2.35. The second-order valence-electron chi connectivity index (χ2n) is 10.2. The van der Waals surface area contributed by atoms with Crippen LogP contribution in [0.5, 0.6) is 0 Å². The third-order valence-electron chi connectivity index (χ3n) is 7.44. The third kappa shape index (κ3) is 4.36. The largest absolute Gasteiger partial charge is 0.373 e. The van der Waals surface area contributed by atoms with E-state index in [-0.39, 0.29) is 18.1 Å². The highest BCUT2D eigenvalue weighted by Crippen LogP contribution is 2.34. The van der Waals surface area contributed by atoms with Gasteiger partial charge in [0.25, 0.3) is 0 Å². The number of morpholine rings is 1. The van der Waals surface area contributed by atoms with Gasteiger partial charge in [-0.1, -0.05) is 13.3 Å². The van der Waals surface area contributed by atoms with Gasteiger partial charge in [-0.25, -0.2) is 4.98 Å². The molecule has 0 unspecified atom stereocenters. The van der Waals surface area contributed by atoms with E-state index >= 15 is 0 Å². The molecule has 2 aromatic heterocycles. The summed E-state index contributed by atoms with van der Waals surface area (Å²) in [5.41, 5.74) is 7.22. The zero-order valence-electron chi connectivity index (χ0n) is 20.9. The number of nitrogens with zero attached hydrogens (tertiary/aromatic N) is 4. The minimum atomic E-state index is 0.0755. The fourth-order valence-corrected chi connectivity index (χ4v) is 5.58. The summed E-state index contributed by atoms with van der Waals surface area (Å²) in [7, 11) is 1.85. The Labute approximate surface area is 201 Å². The lowest BCUT2D eigenvalue weighted by molar-refractivity contribution is -0.123. The first-order valence-corrected chi connectivity index (χ1v) is 12.5. The van der Waals surface area contributed by atoms with Crippen LogP contribution < -0.4 is 4.90 Å². The Morgan fingerprint density at radius 1 is 1.26 bits per heavy atom. The molecule has 3 heterocycles. The molecule has 2 aliphatic rings. The average Bonchev–Trinajstić information content (AvgIpc) is 3.40. The molecule has 3 atom stereocenters. The number of anilines is 1. The molecule has 0 spiro atoms. The van der Waals surface area contributed by atoms with Gasteiger partial charge in [0.2, 0.25) is 5.91 Å². The van der Waals surface area contributed by atoms with E-state index in [2.05, 4.69) is 46.9 Å². The zero-order chi connectivity index (χ0) is 24.0. The maximum absolute atomic E-state index is 13.1. The standard InChI is InChI=1S/C26H36N6O2/c1-6-18-7-8-20-19(10-18)25(30-29-20)26-27-21-9-15(2)23(11-22(21)28-26)31(5)24(33)14-32-12-16(3)34-17(4)13-32/h9,11,16-18H,6-8,10,12-14H2,1-5H3,(H,27,28)(H,29,30)/t16-,17-,18-/m1/s1. The van der Waals surface area contributed by atoms with Crippen LogP contribution in [0.4, 0.5) is 5.69 Å². The summed E-state index contributed by atoms with van der Waals surface area (Å²) >= 11 is 0. The quantitative estimate of drug-likeness (QED) is 0.599. The monoisotopic (exact) mass is 464 g/mol. The van der Waals surface area contributed by atoms with Crippen LogP contribution in [0.15, 0.2) is 12.1 Å². The molecular weight excluding hydrogens is 428 g/mol. The van der Waals surface area contributed by atoms with E-state index in [0.717, 1.165) is 59.7 Å². The number of aromatic amines is 2. The number of carbonyl (C=O) groups excluding carboxylic acids is 1. The van der Waals surface area contributed by atoms with Gasteiger partial charge in [-0.3, -0.25) is 14.8 Å². The minimum Gasteiger partial charge on any atom is -0.373 e. The number of ether oxygens (including phenoxy) is 1. The van der Waals surface area contributed by atoms with Crippen molar-refractivity contribution in [3.05, 3.63) is 29.0 Å². The van der Waals surface area contributed by atoms with Gasteiger partial charge in [-0.05, 0) is 63.6 Å². The summed E-state index contributed by atoms with van der Waals surface area (Å²) in [4.78, 5) is 25.4. The predicted octanol–water partition coefficient (Wildman–Crippen LogP) is 3.85. The van der Waals surface area contributed by atoms with E-state index in [9.17, 15) is 4.79 Å². The summed E-state index contributed by atoms with van der Waals surface area (Å²) in [6, 6.07) is 4.10. The fraction of sp³-hybridized carbons (Fsp3) is 0.577. The van der Waals surface area contributed by atoms with E-state index in [1.54, 1.807) is 4.90 Å². The van der Waals surface area contributed by atoms with Crippen molar-refractivity contribution in [3.63, 3.8) is 0 Å². The second-order valence-corrected chi connectivity index (χ2v) is 10.2. The summed E-state index contributed by atoms with van der Waals surface area (Å²) in [5.74, 6) is 1.58. The number of benzene rings is 1. The maximum atomic E-state index is 13.1. The smallest absolute Gasteiger partial charge is 0.240 e. The van der Waals surface area contributed by atoms with E-state index in [4.69, 9.17) is 9.72 Å². The molecule has 1 aromatic carbocycles. The highest BCUT2D eigenvalue weighted by Gasteiger charge is 2.27. The number of hydrogen-bond acceptors (Lipinski definition) is 5. The number of fused-ring (bicyclic) bond motifs is 2. The van der Waals surface area contributed by atoms with Crippen molar-refractivity contribution in [2.24, 2.45) is 5.92 Å². The van der Waals surface area contributed by atoms with Crippen LogP contribution in [0.2, 0.25) is 0 Å². The molecule has 1 aliphatic carbocycles.